The van der Waals surface area contributed by atoms with Gasteiger partial charge in [-0.25, -0.2) is 14.5 Å². The summed E-state index contributed by atoms with van der Waals surface area (Å²) in [4.78, 5) is 12.5. The van der Waals surface area contributed by atoms with Crippen LogP contribution in [0.1, 0.15) is 11.8 Å². The SMILES string of the molecule is [O]C[C@H]1O[C@@H](n2cnc3c(NCc4ccccc4)nc(Cl)nc32)[C@@H](F)[C@@H]1O. The van der Waals surface area contributed by atoms with E-state index in [1.54, 1.807) is 0 Å². The number of benzene rings is 1. The number of alkyl halides is 1. The highest BCUT2D eigenvalue weighted by molar-refractivity contribution is 6.28. The van der Waals surface area contributed by atoms with E-state index in [9.17, 15) is 14.6 Å². The van der Waals surface area contributed by atoms with Crippen molar-refractivity contribution < 1.29 is 19.3 Å². The zero-order chi connectivity index (χ0) is 19.0. The highest BCUT2D eigenvalue weighted by Gasteiger charge is 2.45. The maximum atomic E-state index is 14.4. The van der Waals surface area contributed by atoms with Crippen LogP contribution < -0.4 is 5.32 Å². The predicted molar refractivity (Wildman–Crippen MR) is 94.5 cm³/mol. The first-order valence-corrected chi connectivity index (χ1v) is 8.70. The van der Waals surface area contributed by atoms with Crippen molar-refractivity contribution in [2.75, 3.05) is 11.9 Å². The van der Waals surface area contributed by atoms with E-state index >= 15 is 0 Å². The number of aromatic nitrogens is 4. The Morgan fingerprint density at radius 2 is 2.07 bits per heavy atom. The molecule has 10 heteroatoms. The molecule has 0 spiro atoms. The van der Waals surface area contributed by atoms with Crippen LogP contribution in [0.3, 0.4) is 0 Å². The minimum absolute atomic E-state index is 0.0471. The van der Waals surface area contributed by atoms with Gasteiger partial charge in [-0.15, -0.1) is 0 Å². The van der Waals surface area contributed by atoms with E-state index in [4.69, 9.17) is 16.3 Å². The average Bonchev–Trinajstić information content (AvgIpc) is 3.22. The van der Waals surface area contributed by atoms with Crippen LogP contribution in [0.25, 0.3) is 11.2 Å². The van der Waals surface area contributed by atoms with Crippen LogP contribution in [0.4, 0.5) is 10.2 Å². The number of halogens is 2. The lowest BCUT2D eigenvalue weighted by Gasteiger charge is -2.15. The summed E-state index contributed by atoms with van der Waals surface area (Å²) in [5, 5.41) is 24.0. The second-order valence-electron chi connectivity index (χ2n) is 6.17. The van der Waals surface area contributed by atoms with Gasteiger partial charge in [-0.05, 0) is 17.2 Å². The van der Waals surface area contributed by atoms with Gasteiger partial charge in [0.25, 0.3) is 0 Å². The number of fused-ring (bicyclic) bond motifs is 1. The first-order valence-electron chi connectivity index (χ1n) is 8.32. The molecule has 0 bridgehead atoms. The van der Waals surface area contributed by atoms with Crippen molar-refractivity contribution in [3.05, 3.63) is 47.5 Å². The average molecular weight is 393 g/mol. The number of aliphatic hydroxyl groups is 1. The van der Waals surface area contributed by atoms with Crippen LogP contribution in [0.15, 0.2) is 36.7 Å². The summed E-state index contributed by atoms with van der Waals surface area (Å²) in [6, 6.07) is 9.67. The Morgan fingerprint density at radius 3 is 2.78 bits per heavy atom. The molecule has 1 aromatic carbocycles. The quantitative estimate of drug-likeness (QED) is 0.644. The summed E-state index contributed by atoms with van der Waals surface area (Å²) >= 11 is 6.02. The van der Waals surface area contributed by atoms with Crippen molar-refractivity contribution in [1.82, 2.24) is 19.5 Å². The van der Waals surface area contributed by atoms with E-state index in [1.807, 2.05) is 30.3 Å². The van der Waals surface area contributed by atoms with Crippen molar-refractivity contribution in [3.8, 4) is 0 Å². The highest BCUT2D eigenvalue weighted by atomic mass is 35.5. The smallest absolute Gasteiger partial charge is 0.226 e. The Balaban J connectivity index is 1.66. The fourth-order valence-corrected chi connectivity index (χ4v) is 3.21. The normalized spacial score (nSPS) is 25.2. The van der Waals surface area contributed by atoms with Crippen molar-refractivity contribution >= 4 is 28.6 Å². The predicted octanol–water partition coefficient (Wildman–Crippen LogP) is 2.12. The molecule has 0 saturated carbocycles. The minimum Gasteiger partial charge on any atom is -0.387 e. The third-order valence-corrected chi connectivity index (χ3v) is 4.60. The second-order valence-corrected chi connectivity index (χ2v) is 6.51. The number of hydrogen-bond acceptors (Lipinski definition) is 6. The minimum atomic E-state index is -1.78. The van der Waals surface area contributed by atoms with Gasteiger partial charge >= 0.3 is 0 Å². The molecule has 0 unspecified atom stereocenters. The van der Waals surface area contributed by atoms with Gasteiger partial charge in [-0.3, -0.25) is 4.57 Å². The standard InChI is InChI=1S/C17H16ClFN5O3/c18-17-22-14(20-6-9-4-2-1-3-5-9)12-15(23-17)24(8-21-12)16-11(19)13(26)10(7-25)27-16/h1-5,8,10-11,13,16,26H,6-7H2,(H,20,22,23)/t10-,11+,13-,16-/m1/s1. The summed E-state index contributed by atoms with van der Waals surface area (Å²) in [7, 11) is 0. The van der Waals surface area contributed by atoms with E-state index in [2.05, 4.69) is 20.3 Å². The maximum Gasteiger partial charge on any atom is 0.226 e. The summed E-state index contributed by atoms with van der Waals surface area (Å²) in [5.41, 5.74) is 1.66. The van der Waals surface area contributed by atoms with E-state index in [0.717, 1.165) is 5.56 Å². The van der Waals surface area contributed by atoms with Gasteiger partial charge in [0.2, 0.25) is 5.28 Å². The molecular weight excluding hydrogens is 377 g/mol. The highest BCUT2D eigenvalue weighted by Crippen LogP contribution is 2.34. The molecule has 8 nitrogen and oxygen atoms in total. The van der Waals surface area contributed by atoms with Crippen LogP contribution in [0.2, 0.25) is 5.28 Å². The second kappa shape index (κ2) is 7.35. The lowest BCUT2D eigenvalue weighted by molar-refractivity contribution is -0.0593. The molecule has 3 aromatic rings. The van der Waals surface area contributed by atoms with Crippen LogP contribution in [0.5, 0.6) is 0 Å². The Kier molecular flexibility index (Phi) is 4.92. The fraction of sp³-hybridized carbons (Fsp3) is 0.353. The topological polar surface area (TPSA) is 105 Å². The molecule has 0 aliphatic carbocycles. The number of rotatable bonds is 5. The molecule has 1 aliphatic rings. The number of nitrogens with one attached hydrogen (secondary N) is 1. The molecule has 0 amide bonds. The third-order valence-electron chi connectivity index (χ3n) is 4.43. The van der Waals surface area contributed by atoms with E-state index < -0.39 is 31.2 Å². The van der Waals surface area contributed by atoms with Crippen molar-refractivity contribution in [1.29, 1.82) is 0 Å². The summed E-state index contributed by atoms with van der Waals surface area (Å²) in [5.74, 6) is 0.391. The van der Waals surface area contributed by atoms with Gasteiger partial charge in [0.05, 0.1) is 6.33 Å². The number of nitrogens with zero attached hydrogens (tertiary/aromatic N) is 4. The molecule has 1 aliphatic heterocycles. The van der Waals surface area contributed by atoms with Gasteiger partial charge in [-0.2, -0.15) is 9.97 Å². The summed E-state index contributed by atoms with van der Waals surface area (Å²) < 4.78 is 21.1. The largest absolute Gasteiger partial charge is 0.387 e. The molecule has 2 aromatic heterocycles. The van der Waals surface area contributed by atoms with Gasteiger partial charge < -0.3 is 15.2 Å². The molecule has 2 N–H and O–H groups in total. The number of aliphatic hydroxyl groups excluding tert-OH is 1. The van der Waals surface area contributed by atoms with Crippen LogP contribution in [-0.2, 0) is 16.4 Å². The Bertz CT molecular complexity index is 941. The monoisotopic (exact) mass is 392 g/mol. The maximum absolute atomic E-state index is 14.4. The Hall–Kier alpha value is -2.33. The third kappa shape index (κ3) is 3.34. The zero-order valence-corrected chi connectivity index (χ0v) is 14.8. The number of imidazole rings is 1. The van der Waals surface area contributed by atoms with E-state index in [-0.39, 0.29) is 10.9 Å². The molecular formula is C17H16ClFN5O3. The van der Waals surface area contributed by atoms with Crippen molar-refractivity contribution in [2.45, 2.75) is 31.2 Å². The van der Waals surface area contributed by atoms with Crippen LogP contribution in [-0.4, -0.2) is 49.6 Å². The number of anilines is 1. The number of ether oxygens (including phenoxy) is 1. The first kappa shape index (κ1) is 18.1. The molecule has 1 fully saturated rings. The van der Waals surface area contributed by atoms with Crippen LogP contribution in [0, 0.1) is 0 Å². The van der Waals surface area contributed by atoms with Gasteiger partial charge in [0.1, 0.15) is 18.8 Å². The summed E-state index contributed by atoms with van der Waals surface area (Å²) in [6.45, 7) is -0.261. The lowest BCUT2D eigenvalue weighted by Crippen LogP contribution is -2.30. The Labute approximate surface area is 158 Å². The molecule has 4 atom stereocenters. The first-order chi connectivity index (χ1) is 13.1. The molecule has 1 saturated heterocycles. The zero-order valence-electron chi connectivity index (χ0n) is 14.0. The molecule has 3 heterocycles. The molecule has 141 valence electrons. The number of hydrogen-bond donors (Lipinski definition) is 2. The molecule has 4 rings (SSSR count). The summed E-state index contributed by atoms with van der Waals surface area (Å²) in [6.07, 6.45) is -4.29. The van der Waals surface area contributed by atoms with Crippen molar-refractivity contribution in [3.63, 3.8) is 0 Å². The van der Waals surface area contributed by atoms with E-state index in [0.29, 0.717) is 17.9 Å². The van der Waals surface area contributed by atoms with E-state index in [1.165, 1.54) is 10.9 Å². The van der Waals surface area contributed by atoms with Gasteiger partial charge in [0.15, 0.2) is 29.4 Å². The molecule has 1 radical (unpaired) electrons. The molecule has 27 heavy (non-hydrogen) atoms. The van der Waals surface area contributed by atoms with Crippen molar-refractivity contribution in [2.24, 2.45) is 0 Å². The van der Waals surface area contributed by atoms with Crippen LogP contribution >= 0.6 is 11.6 Å². The Morgan fingerprint density at radius 1 is 1.30 bits per heavy atom. The van der Waals surface area contributed by atoms with Gasteiger partial charge in [0, 0.05) is 6.54 Å². The van der Waals surface area contributed by atoms with Gasteiger partial charge in [-0.1, -0.05) is 30.3 Å². The lowest BCUT2D eigenvalue weighted by atomic mass is 10.1. The fourth-order valence-electron chi connectivity index (χ4n) is 3.05.